The Bertz CT molecular complexity index is 739. The zero-order valence-electron chi connectivity index (χ0n) is 16.0. The van der Waals surface area contributed by atoms with Gasteiger partial charge in [0.25, 0.3) is 0 Å². The molecule has 8 heteroatoms. The normalized spacial score (nSPS) is 15.5. The third kappa shape index (κ3) is 6.95. The van der Waals surface area contributed by atoms with Crippen LogP contribution >= 0.6 is 0 Å². The van der Waals surface area contributed by atoms with Gasteiger partial charge in [-0.2, -0.15) is 0 Å². The first-order valence-corrected chi connectivity index (χ1v) is 11.0. The number of amides is 2. The summed E-state index contributed by atoms with van der Waals surface area (Å²) in [5, 5.41) is 5.08. The van der Waals surface area contributed by atoms with E-state index in [4.69, 9.17) is 0 Å². The average molecular weight is 396 g/mol. The zero-order chi connectivity index (χ0) is 19.9. The standard InChI is InChI=1S/C19H29N3O4S/c1-14(2)21-19(24)18(23)20-13-12-15-8-10-17(11-9-15)27(25,26)22-16-6-4-3-5-7-16/h8-11,14,16,22H,3-7,12-13H2,1-2H3,(H,20,23)(H,21,24). The van der Waals surface area contributed by atoms with E-state index in [2.05, 4.69) is 15.4 Å². The van der Waals surface area contributed by atoms with Gasteiger partial charge in [0, 0.05) is 18.6 Å². The maximum atomic E-state index is 12.5. The summed E-state index contributed by atoms with van der Waals surface area (Å²) in [6.45, 7) is 3.87. The second kappa shape index (κ2) is 9.85. The van der Waals surface area contributed by atoms with Crippen molar-refractivity contribution in [2.75, 3.05) is 6.54 Å². The third-order valence-corrected chi connectivity index (χ3v) is 6.02. The molecule has 0 saturated heterocycles. The summed E-state index contributed by atoms with van der Waals surface area (Å²) < 4.78 is 27.7. The average Bonchev–Trinajstić information content (AvgIpc) is 2.62. The van der Waals surface area contributed by atoms with Gasteiger partial charge in [-0.15, -0.1) is 0 Å². The van der Waals surface area contributed by atoms with Gasteiger partial charge in [-0.05, 0) is 50.8 Å². The Hall–Kier alpha value is -1.93. The molecule has 1 aromatic carbocycles. The van der Waals surface area contributed by atoms with Crippen molar-refractivity contribution in [3.8, 4) is 0 Å². The van der Waals surface area contributed by atoms with Crippen molar-refractivity contribution >= 4 is 21.8 Å². The first-order chi connectivity index (χ1) is 12.8. The van der Waals surface area contributed by atoms with E-state index in [1.54, 1.807) is 38.1 Å². The van der Waals surface area contributed by atoms with Gasteiger partial charge in [-0.1, -0.05) is 31.4 Å². The van der Waals surface area contributed by atoms with Crippen molar-refractivity contribution in [1.82, 2.24) is 15.4 Å². The van der Waals surface area contributed by atoms with Crippen LogP contribution < -0.4 is 15.4 Å². The highest BCUT2D eigenvalue weighted by Crippen LogP contribution is 2.20. The third-order valence-electron chi connectivity index (χ3n) is 4.49. The lowest BCUT2D eigenvalue weighted by Crippen LogP contribution is -2.43. The van der Waals surface area contributed by atoms with Crippen LogP contribution in [0.1, 0.15) is 51.5 Å². The quantitative estimate of drug-likeness (QED) is 0.608. The van der Waals surface area contributed by atoms with E-state index < -0.39 is 21.8 Å². The van der Waals surface area contributed by atoms with Gasteiger partial charge in [-0.25, -0.2) is 13.1 Å². The molecule has 0 bridgehead atoms. The van der Waals surface area contributed by atoms with E-state index in [1.807, 2.05) is 0 Å². The van der Waals surface area contributed by atoms with Crippen LogP contribution in [0.25, 0.3) is 0 Å². The van der Waals surface area contributed by atoms with Gasteiger partial charge in [0.15, 0.2) is 0 Å². The predicted octanol–water partition coefficient (Wildman–Crippen LogP) is 1.48. The first-order valence-electron chi connectivity index (χ1n) is 9.48. The van der Waals surface area contributed by atoms with Gasteiger partial charge in [0.2, 0.25) is 10.0 Å². The smallest absolute Gasteiger partial charge is 0.309 e. The van der Waals surface area contributed by atoms with Gasteiger partial charge < -0.3 is 10.6 Å². The van der Waals surface area contributed by atoms with Crippen LogP contribution in [0, 0.1) is 0 Å². The van der Waals surface area contributed by atoms with Crippen molar-refractivity contribution in [1.29, 1.82) is 0 Å². The molecule has 1 saturated carbocycles. The molecule has 1 aromatic rings. The summed E-state index contributed by atoms with van der Waals surface area (Å²) >= 11 is 0. The highest BCUT2D eigenvalue weighted by molar-refractivity contribution is 7.89. The molecule has 0 spiro atoms. The van der Waals surface area contributed by atoms with E-state index >= 15 is 0 Å². The molecule has 1 aliphatic rings. The highest BCUT2D eigenvalue weighted by atomic mass is 32.2. The number of sulfonamides is 1. The van der Waals surface area contributed by atoms with Crippen molar-refractivity contribution in [2.45, 2.75) is 69.4 Å². The van der Waals surface area contributed by atoms with Crippen LogP contribution in [0.5, 0.6) is 0 Å². The number of carbonyl (C=O) groups excluding carboxylic acids is 2. The molecule has 0 aromatic heterocycles. The molecule has 0 atom stereocenters. The van der Waals surface area contributed by atoms with Gasteiger partial charge in [0.1, 0.15) is 0 Å². The van der Waals surface area contributed by atoms with Gasteiger partial charge in [0.05, 0.1) is 4.90 Å². The molecule has 0 radical (unpaired) electrons. The summed E-state index contributed by atoms with van der Waals surface area (Å²) in [4.78, 5) is 23.4. The van der Waals surface area contributed by atoms with Crippen molar-refractivity contribution in [3.05, 3.63) is 29.8 Å². The minimum absolute atomic E-state index is 0.0237. The lowest BCUT2D eigenvalue weighted by molar-refractivity contribution is -0.139. The number of rotatable bonds is 7. The minimum atomic E-state index is -3.51. The molecule has 2 amide bonds. The monoisotopic (exact) mass is 395 g/mol. The molecule has 27 heavy (non-hydrogen) atoms. The molecule has 1 fully saturated rings. The number of hydrogen-bond acceptors (Lipinski definition) is 4. The Labute approximate surface area is 161 Å². The lowest BCUT2D eigenvalue weighted by atomic mass is 9.96. The van der Waals surface area contributed by atoms with Crippen LogP contribution in [0.3, 0.4) is 0 Å². The van der Waals surface area contributed by atoms with Crippen LogP contribution in [0.4, 0.5) is 0 Å². The number of carbonyl (C=O) groups is 2. The molecular formula is C19H29N3O4S. The SMILES string of the molecule is CC(C)NC(=O)C(=O)NCCc1ccc(S(=O)(=O)NC2CCCCC2)cc1. The minimum Gasteiger partial charge on any atom is -0.348 e. The van der Waals surface area contributed by atoms with E-state index in [-0.39, 0.29) is 17.0 Å². The molecule has 7 nitrogen and oxygen atoms in total. The molecule has 3 N–H and O–H groups in total. The maximum Gasteiger partial charge on any atom is 0.309 e. The Morgan fingerprint density at radius 1 is 1.04 bits per heavy atom. The Morgan fingerprint density at radius 2 is 1.67 bits per heavy atom. The molecule has 150 valence electrons. The number of benzene rings is 1. The predicted molar refractivity (Wildman–Crippen MR) is 104 cm³/mol. The summed E-state index contributed by atoms with van der Waals surface area (Å²) in [6.07, 6.45) is 5.59. The summed E-state index contributed by atoms with van der Waals surface area (Å²) in [5.74, 6) is -1.32. The topological polar surface area (TPSA) is 104 Å². The second-order valence-electron chi connectivity index (χ2n) is 7.23. The molecular weight excluding hydrogens is 366 g/mol. The van der Waals surface area contributed by atoms with Crippen LogP contribution in [-0.4, -0.2) is 38.9 Å². The molecule has 0 unspecified atom stereocenters. The fourth-order valence-corrected chi connectivity index (χ4v) is 4.38. The van der Waals surface area contributed by atoms with E-state index in [0.29, 0.717) is 13.0 Å². The molecule has 1 aliphatic carbocycles. The second-order valence-corrected chi connectivity index (χ2v) is 8.95. The van der Waals surface area contributed by atoms with E-state index in [0.717, 1.165) is 31.2 Å². The molecule has 0 aliphatic heterocycles. The Balaban J connectivity index is 1.83. The lowest BCUT2D eigenvalue weighted by Gasteiger charge is -2.22. The van der Waals surface area contributed by atoms with Crippen LogP contribution in [0.15, 0.2) is 29.2 Å². The number of nitrogens with one attached hydrogen (secondary N) is 3. The van der Waals surface area contributed by atoms with Crippen molar-refractivity contribution in [3.63, 3.8) is 0 Å². The first kappa shape index (κ1) is 21.4. The molecule has 2 rings (SSSR count). The van der Waals surface area contributed by atoms with Gasteiger partial charge >= 0.3 is 11.8 Å². The molecule has 0 heterocycles. The van der Waals surface area contributed by atoms with E-state index in [9.17, 15) is 18.0 Å². The summed E-state index contributed by atoms with van der Waals surface area (Å²) in [6, 6.07) is 6.54. The van der Waals surface area contributed by atoms with Gasteiger partial charge in [-0.3, -0.25) is 9.59 Å². The summed E-state index contributed by atoms with van der Waals surface area (Å²) in [7, 11) is -3.51. The zero-order valence-corrected chi connectivity index (χ0v) is 16.8. The number of hydrogen-bond donors (Lipinski definition) is 3. The fraction of sp³-hybridized carbons (Fsp3) is 0.579. The maximum absolute atomic E-state index is 12.5. The van der Waals surface area contributed by atoms with Crippen molar-refractivity contribution < 1.29 is 18.0 Å². The highest BCUT2D eigenvalue weighted by Gasteiger charge is 2.21. The Kier molecular flexibility index (Phi) is 7.79. The van der Waals surface area contributed by atoms with Crippen molar-refractivity contribution in [2.24, 2.45) is 0 Å². The van der Waals surface area contributed by atoms with E-state index in [1.165, 1.54) is 6.42 Å². The fourth-order valence-electron chi connectivity index (χ4n) is 3.07. The van der Waals surface area contributed by atoms with Crippen LogP contribution in [0.2, 0.25) is 0 Å². The van der Waals surface area contributed by atoms with Crippen LogP contribution in [-0.2, 0) is 26.0 Å². The largest absolute Gasteiger partial charge is 0.348 e. The summed E-state index contributed by atoms with van der Waals surface area (Å²) in [5.41, 5.74) is 0.885. The Morgan fingerprint density at radius 3 is 2.26 bits per heavy atom.